The van der Waals surface area contributed by atoms with Crippen LogP contribution in [0.3, 0.4) is 0 Å². The molecule has 0 unspecified atom stereocenters. The number of esters is 1. The van der Waals surface area contributed by atoms with Crippen LogP contribution >= 0.6 is 0 Å². The van der Waals surface area contributed by atoms with E-state index >= 15 is 0 Å². The summed E-state index contributed by atoms with van der Waals surface area (Å²) in [5, 5.41) is 9.30. The zero-order chi connectivity index (χ0) is 12.6. The van der Waals surface area contributed by atoms with Gasteiger partial charge < -0.3 is 9.84 Å². The first-order valence-electron chi connectivity index (χ1n) is 6.30. The van der Waals surface area contributed by atoms with Crippen molar-refractivity contribution in [1.29, 1.82) is 0 Å². The van der Waals surface area contributed by atoms with E-state index in [4.69, 9.17) is 4.74 Å². The number of allylic oxidation sites excluding steroid dienone is 2. The molecule has 2 aliphatic rings. The van der Waals surface area contributed by atoms with Gasteiger partial charge in [0, 0.05) is 12.2 Å². The minimum Gasteiger partial charge on any atom is -0.423 e. The van der Waals surface area contributed by atoms with Gasteiger partial charge in [0.15, 0.2) is 0 Å². The summed E-state index contributed by atoms with van der Waals surface area (Å²) in [6, 6.07) is 0. The van der Waals surface area contributed by atoms with Crippen LogP contribution in [0.5, 0.6) is 0 Å². The lowest BCUT2D eigenvalue weighted by Crippen LogP contribution is -2.16. The van der Waals surface area contributed by atoms with Crippen molar-refractivity contribution in [2.45, 2.75) is 33.6 Å². The molecular weight excluding hydrogens is 216 g/mol. The minimum atomic E-state index is -0.234. The molecule has 1 heterocycles. The molecular formula is C14H20O3. The Balaban J connectivity index is 2.34. The highest BCUT2D eigenvalue weighted by molar-refractivity contribution is 5.92. The van der Waals surface area contributed by atoms with Gasteiger partial charge >= 0.3 is 5.97 Å². The number of carbonyl (C=O) groups excluding carboxylic acids is 1. The standard InChI is InChI=1S/C14H20O3/c1-8-4-5-11(10(3)7-15)13(8)12-6-9(2)14(16)17-12/h6,8,10-11,15H,4-5,7H2,1-3H3/b13-12+/t8-,10-,11-/m1/s1. The Morgan fingerprint density at radius 2 is 2.24 bits per heavy atom. The predicted octanol–water partition coefficient (Wildman–Crippen LogP) is 2.42. The molecule has 0 spiro atoms. The normalized spacial score (nSPS) is 34.8. The maximum absolute atomic E-state index is 11.4. The average Bonchev–Trinajstić information content (AvgIpc) is 2.82. The lowest BCUT2D eigenvalue weighted by atomic mass is 9.87. The molecule has 0 aromatic heterocycles. The third kappa shape index (κ3) is 2.16. The fourth-order valence-electron chi connectivity index (χ4n) is 2.86. The van der Waals surface area contributed by atoms with Crippen molar-refractivity contribution in [3.63, 3.8) is 0 Å². The quantitative estimate of drug-likeness (QED) is 0.749. The van der Waals surface area contributed by atoms with E-state index in [2.05, 4.69) is 13.8 Å². The van der Waals surface area contributed by atoms with Crippen LogP contribution in [0.2, 0.25) is 0 Å². The topological polar surface area (TPSA) is 46.5 Å². The Morgan fingerprint density at radius 3 is 2.76 bits per heavy atom. The molecule has 0 aromatic carbocycles. The van der Waals surface area contributed by atoms with E-state index in [0.717, 1.165) is 18.6 Å². The Morgan fingerprint density at radius 1 is 1.53 bits per heavy atom. The first-order chi connectivity index (χ1) is 8.04. The average molecular weight is 236 g/mol. The third-order valence-corrected chi connectivity index (χ3v) is 3.97. The third-order valence-electron chi connectivity index (χ3n) is 3.97. The molecule has 0 radical (unpaired) electrons. The van der Waals surface area contributed by atoms with Crippen molar-refractivity contribution in [2.24, 2.45) is 17.8 Å². The number of hydrogen-bond donors (Lipinski definition) is 1. The van der Waals surface area contributed by atoms with Gasteiger partial charge in [-0.2, -0.15) is 0 Å². The van der Waals surface area contributed by atoms with Gasteiger partial charge in [0.2, 0.25) is 0 Å². The summed E-state index contributed by atoms with van der Waals surface area (Å²) in [5.74, 6) is 1.53. The second-order valence-electron chi connectivity index (χ2n) is 5.28. The van der Waals surface area contributed by atoms with Crippen molar-refractivity contribution in [3.05, 3.63) is 23.0 Å². The monoisotopic (exact) mass is 236 g/mol. The van der Waals surface area contributed by atoms with Crippen molar-refractivity contribution < 1.29 is 14.6 Å². The second kappa shape index (κ2) is 4.65. The van der Waals surface area contributed by atoms with Gasteiger partial charge in [0.05, 0.1) is 0 Å². The summed E-state index contributed by atoms with van der Waals surface area (Å²) in [6.07, 6.45) is 4.03. The number of hydrogen-bond acceptors (Lipinski definition) is 3. The maximum Gasteiger partial charge on any atom is 0.339 e. The van der Waals surface area contributed by atoms with Gasteiger partial charge in [0.1, 0.15) is 5.76 Å². The lowest BCUT2D eigenvalue weighted by molar-refractivity contribution is -0.133. The molecule has 0 amide bonds. The van der Waals surface area contributed by atoms with E-state index in [9.17, 15) is 9.90 Å². The molecule has 94 valence electrons. The Labute approximate surface area is 102 Å². The van der Waals surface area contributed by atoms with E-state index in [-0.39, 0.29) is 18.5 Å². The molecule has 3 heteroatoms. The summed E-state index contributed by atoms with van der Waals surface area (Å²) in [5.41, 5.74) is 1.89. The molecule has 1 saturated carbocycles. The largest absolute Gasteiger partial charge is 0.423 e. The van der Waals surface area contributed by atoms with Crippen LogP contribution in [0.4, 0.5) is 0 Å². The molecule has 3 atom stereocenters. The van der Waals surface area contributed by atoms with Gasteiger partial charge in [-0.15, -0.1) is 0 Å². The number of ether oxygens (including phenoxy) is 1. The first-order valence-corrected chi connectivity index (χ1v) is 6.30. The molecule has 1 aliphatic carbocycles. The van der Waals surface area contributed by atoms with Crippen LogP contribution < -0.4 is 0 Å². The van der Waals surface area contributed by atoms with E-state index in [1.165, 1.54) is 5.57 Å². The zero-order valence-corrected chi connectivity index (χ0v) is 10.7. The van der Waals surface area contributed by atoms with Crippen LogP contribution in [0, 0.1) is 17.8 Å². The van der Waals surface area contributed by atoms with E-state index in [0.29, 0.717) is 17.4 Å². The van der Waals surface area contributed by atoms with Gasteiger partial charge in [-0.25, -0.2) is 4.79 Å². The SMILES string of the molecule is CC1=C/C(=C2/[C@H](C)CC[C@@H]2[C@H](C)CO)OC1=O. The van der Waals surface area contributed by atoms with Crippen molar-refractivity contribution in [3.8, 4) is 0 Å². The molecule has 17 heavy (non-hydrogen) atoms. The van der Waals surface area contributed by atoms with Crippen molar-refractivity contribution in [2.75, 3.05) is 6.61 Å². The van der Waals surface area contributed by atoms with Crippen molar-refractivity contribution >= 4 is 5.97 Å². The molecule has 0 bridgehead atoms. The molecule has 0 saturated heterocycles. The highest BCUT2D eigenvalue weighted by Crippen LogP contribution is 2.43. The van der Waals surface area contributed by atoms with Gasteiger partial charge in [-0.05, 0) is 49.2 Å². The first kappa shape index (κ1) is 12.4. The molecule has 1 N–H and O–H groups in total. The molecule has 1 aliphatic heterocycles. The summed E-state index contributed by atoms with van der Waals surface area (Å²) in [7, 11) is 0. The van der Waals surface area contributed by atoms with Crippen LogP contribution in [0.15, 0.2) is 23.0 Å². The van der Waals surface area contributed by atoms with Crippen LogP contribution in [0.1, 0.15) is 33.6 Å². The smallest absolute Gasteiger partial charge is 0.339 e. The summed E-state index contributed by atoms with van der Waals surface area (Å²) < 4.78 is 5.32. The van der Waals surface area contributed by atoms with Gasteiger partial charge in [-0.1, -0.05) is 13.8 Å². The Hall–Kier alpha value is -1.09. The Bertz CT molecular complexity index is 392. The lowest BCUT2D eigenvalue weighted by Gasteiger charge is -2.21. The summed E-state index contributed by atoms with van der Waals surface area (Å²) in [6.45, 7) is 6.18. The number of rotatable bonds is 2. The van der Waals surface area contributed by atoms with Gasteiger partial charge in [0.25, 0.3) is 0 Å². The maximum atomic E-state index is 11.4. The van der Waals surface area contributed by atoms with E-state index < -0.39 is 0 Å². The van der Waals surface area contributed by atoms with Gasteiger partial charge in [-0.3, -0.25) is 0 Å². The molecule has 1 fully saturated rings. The van der Waals surface area contributed by atoms with Crippen LogP contribution in [0.25, 0.3) is 0 Å². The fourth-order valence-corrected chi connectivity index (χ4v) is 2.86. The highest BCUT2D eigenvalue weighted by Gasteiger charge is 2.35. The van der Waals surface area contributed by atoms with Crippen LogP contribution in [-0.4, -0.2) is 17.7 Å². The fraction of sp³-hybridized carbons (Fsp3) is 0.643. The van der Waals surface area contributed by atoms with E-state index in [1.807, 2.05) is 6.08 Å². The molecule has 3 nitrogen and oxygen atoms in total. The highest BCUT2D eigenvalue weighted by atomic mass is 16.5. The number of carbonyl (C=O) groups is 1. The molecule has 0 aromatic rings. The number of aliphatic hydroxyl groups excluding tert-OH is 1. The second-order valence-corrected chi connectivity index (χ2v) is 5.28. The van der Waals surface area contributed by atoms with Crippen molar-refractivity contribution in [1.82, 2.24) is 0 Å². The predicted molar refractivity (Wildman–Crippen MR) is 65.0 cm³/mol. The zero-order valence-electron chi connectivity index (χ0n) is 10.7. The summed E-state index contributed by atoms with van der Waals surface area (Å²) in [4.78, 5) is 11.4. The Kier molecular flexibility index (Phi) is 3.38. The molecule has 2 rings (SSSR count). The van der Waals surface area contributed by atoms with Crippen LogP contribution in [-0.2, 0) is 9.53 Å². The number of aliphatic hydroxyl groups is 1. The number of cyclic esters (lactones) is 1. The minimum absolute atomic E-state index is 0.185. The van der Waals surface area contributed by atoms with E-state index in [1.54, 1.807) is 6.92 Å². The summed E-state index contributed by atoms with van der Waals surface area (Å²) >= 11 is 0.